The van der Waals surface area contributed by atoms with E-state index in [0.717, 1.165) is 44.9 Å². The fraction of sp³-hybridized carbons (Fsp3) is 0.524. The van der Waals surface area contributed by atoms with E-state index >= 15 is 0 Å². The van der Waals surface area contributed by atoms with Crippen molar-refractivity contribution in [3.05, 3.63) is 42.0 Å². The van der Waals surface area contributed by atoms with Crippen molar-refractivity contribution < 1.29 is 9.59 Å². The standard InChI is InChI=1S/C21H27N3O2S/c1-21-10-9-19(25)24(21)18(16-27-21)20(26)23-14-12-22(13-15-23)11-5-8-17-6-3-2-4-7-17/h2-8,18H,9-16H2,1H3/b8-5+. The second kappa shape index (κ2) is 7.68. The minimum absolute atomic E-state index is 0.140. The van der Waals surface area contributed by atoms with Crippen LogP contribution in [0.1, 0.15) is 25.3 Å². The molecule has 0 aliphatic carbocycles. The maximum atomic E-state index is 13.0. The summed E-state index contributed by atoms with van der Waals surface area (Å²) in [7, 11) is 0. The highest BCUT2D eigenvalue weighted by atomic mass is 32.2. The van der Waals surface area contributed by atoms with Crippen LogP contribution in [0.25, 0.3) is 6.08 Å². The summed E-state index contributed by atoms with van der Waals surface area (Å²) < 4.78 is 0. The number of rotatable bonds is 4. The highest BCUT2D eigenvalue weighted by molar-refractivity contribution is 8.01. The lowest BCUT2D eigenvalue weighted by Crippen LogP contribution is -2.56. The Labute approximate surface area is 165 Å². The lowest BCUT2D eigenvalue weighted by atomic mass is 10.2. The molecule has 144 valence electrons. The van der Waals surface area contributed by atoms with Gasteiger partial charge in [-0.3, -0.25) is 14.5 Å². The van der Waals surface area contributed by atoms with Gasteiger partial charge in [-0.2, -0.15) is 0 Å². The van der Waals surface area contributed by atoms with Gasteiger partial charge in [0, 0.05) is 44.9 Å². The number of carbonyl (C=O) groups excluding carboxylic acids is 2. The summed E-state index contributed by atoms with van der Waals surface area (Å²) >= 11 is 1.77. The summed E-state index contributed by atoms with van der Waals surface area (Å²) in [6.45, 7) is 6.27. The smallest absolute Gasteiger partial charge is 0.246 e. The molecule has 0 bridgehead atoms. The van der Waals surface area contributed by atoms with Gasteiger partial charge >= 0.3 is 0 Å². The number of hydrogen-bond acceptors (Lipinski definition) is 4. The Kier molecular flexibility index (Phi) is 5.28. The largest absolute Gasteiger partial charge is 0.338 e. The molecule has 3 aliphatic rings. The van der Waals surface area contributed by atoms with Gasteiger partial charge in [-0.1, -0.05) is 42.5 Å². The van der Waals surface area contributed by atoms with Gasteiger partial charge in [-0.25, -0.2) is 0 Å². The monoisotopic (exact) mass is 385 g/mol. The predicted molar refractivity (Wildman–Crippen MR) is 109 cm³/mol. The fourth-order valence-corrected chi connectivity index (χ4v) is 5.69. The summed E-state index contributed by atoms with van der Waals surface area (Å²) in [6.07, 6.45) is 5.78. The van der Waals surface area contributed by atoms with E-state index in [4.69, 9.17) is 0 Å². The van der Waals surface area contributed by atoms with Crippen molar-refractivity contribution in [2.75, 3.05) is 38.5 Å². The first-order valence-corrected chi connectivity index (χ1v) is 10.7. The van der Waals surface area contributed by atoms with E-state index in [-0.39, 0.29) is 22.7 Å². The molecule has 0 saturated carbocycles. The molecule has 3 saturated heterocycles. The Balaban J connectivity index is 1.28. The average Bonchev–Trinajstić information content (AvgIpc) is 3.19. The van der Waals surface area contributed by atoms with E-state index in [2.05, 4.69) is 36.1 Å². The molecule has 0 spiro atoms. The number of benzene rings is 1. The fourth-order valence-electron chi connectivity index (χ4n) is 4.27. The first-order chi connectivity index (χ1) is 13.1. The highest BCUT2D eigenvalue weighted by Gasteiger charge is 2.53. The van der Waals surface area contributed by atoms with E-state index in [1.165, 1.54) is 5.56 Å². The van der Waals surface area contributed by atoms with E-state index in [1.54, 1.807) is 11.8 Å². The predicted octanol–water partition coefficient (Wildman–Crippen LogP) is 2.30. The Morgan fingerprint density at radius 2 is 1.96 bits per heavy atom. The van der Waals surface area contributed by atoms with Crippen LogP contribution < -0.4 is 0 Å². The van der Waals surface area contributed by atoms with Crippen LogP contribution in [-0.2, 0) is 9.59 Å². The normalized spacial score (nSPS) is 28.9. The molecule has 0 radical (unpaired) electrons. The quantitative estimate of drug-likeness (QED) is 0.798. The topological polar surface area (TPSA) is 43.9 Å². The number of piperazine rings is 1. The number of hydrogen-bond donors (Lipinski definition) is 0. The van der Waals surface area contributed by atoms with Gasteiger partial charge in [0.2, 0.25) is 11.8 Å². The molecule has 0 N–H and O–H groups in total. The molecular weight excluding hydrogens is 358 g/mol. The molecule has 1 aromatic carbocycles. The minimum Gasteiger partial charge on any atom is -0.338 e. The van der Waals surface area contributed by atoms with Crippen molar-refractivity contribution in [3.8, 4) is 0 Å². The van der Waals surface area contributed by atoms with E-state index in [1.807, 2.05) is 28.0 Å². The summed E-state index contributed by atoms with van der Waals surface area (Å²) in [4.78, 5) is 31.3. The van der Waals surface area contributed by atoms with Gasteiger partial charge in [0.05, 0.1) is 4.87 Å². The van der Waals surface area contributed by atoms with Gasteiger partial charge in [0.1, 0.15) is 6.04 Å². The van der Waals surface area contributed by atoms with Crippen molar-refractivity contribution in [3.63, 3.8) is 0 Å². The van der Waals surface area contributed by atoms with Crippen molar-refractivity contribution in [2.24, 2.45) is 0 Å². The molecular formula is C21H27N3O2S. The summed E-state index contributed by atoms with van der Waals surface area (Å²) in [5.74, 6) is 1.02. The lowest BCUT2D eigenvalue weighted by Gasteiger charge is -2.37. The van der Waals surface area contributed by atoms with Crippen LogP contribution in [0.2, 0.25) is 0 Å². The third-order valence-electron chi connectivity index (χ3n) is 5.89. The van der Waals surface area contributed by atoms with Crippen LogP contribution in [0.4, 0.5) is 0 Å². The minimum atomic E-state index is -0.264. The second-order valence-electron chi connectivity index (χ2n) is 7.70. The maximum Gasteiger partial charge on any atom is 0.246 e. The lowest BCUT2D eigenvalue weighted by molar-refractivity contribution is -0.144. The van der Waals surface area contributed by atoms with Gasteiger partial charge in [-0.05, 0) is 18.9 Å². The average molecular weight is 386 g/mol. The van der Waals surface area contributed by atoms with Crippen LogP contribution in [-0.4, -0.2) is 75.9 Å². The zero-order valence-corrected chi connectivity index (χ0v) is 16.7. The van der Waals surface area contributed by atoms with Gasteiger partial charge < -0.3 is 9.80 Å². The van der Waals surface area contributed by atoms with Crippen molar-refractivity contribution in [2.45, 2.75) is 30.7 Å². The van der Waals surface area contributed by atoms with Gasteiger partial charge in [0.15, 0.2) is 0 Å². The Bertz CT molecular complexity index is 730. The first kappa shape index (κ1) is 18.6. The third-order valence-corrected chi connectivity index (χ3v) is 7.39. The number of thioether (sulfide) groups is 1. The molecule has 5 nitrogen and oxygen atoms in total. The van der Waals surface area contributed by atoms with Crippen LogP contribution in [0.15, 0.2) is 36.4 Å². The Morgan fingerprint density at radius 1 is 1.22 bits per heavy atom. The molecule has 3 aliphatic heterocycles. The Morgan fingerprint density at radius 3 is 2.70 bits per heavy atom. The SMILES string of the molecule is CC12CCC(=O)N1C(C(=O)N1CCN(C/C=C/c3ccccc3)CC1)CS2. The molecule has 2 amide bonds. The maximum absolute atomic E-state index is 13.0. The Hall–Kier alpha value is -1.79. The van der Waals surface area contributed by atoms with Crippen molar-refractivity contribution in [1.29, 1.82) is 0 Å². The number of nitrogens with zero attached hydrogens (tertiary/aromatic N) is 3. The van der Waals surface area contributed by atoms with Crippen molar-refractivity contribution in [1.82, 2.24) is 14.7 Å². The molecule has 4 rings (SSSR count). The highest BCUT2D eigenvalue weighted by Crippen LogP contribution is 2.47. The molecule has 6 heteroatoms. The third kappa shape index (κ3) is 3.78. The van der Waals surface area contributed by atoms with Crippen molar-refractivity contribution >= 4 is 29.7 Å². The van der Waals surface area contributed by atoms with Crippen LogP contribution in [0.3, 0.4) is 0 Å². The number of amides is 2. The first-order valence-electron chi connectivity index (χ1n) is 9.76. The van der Waals surface area contributed by atoms with Gasteiger partial charge in [-0.15, -0.1) is 11.8 Å². The number of carbonyl (C=O) groups is 2. The van der Waals surface area contributed by atoms with Crippen LogP contribution >= 0.6 is 11.8 Å². The van der Waals surface area contributed by atoms with Crippen LogP contribution in [0, 0.1) is 0 Å². The second-order valence-corrected chi connectivity index (χ2v) is 9.21. The molecule has 1 aromatic rings. The van der Waals surface area contributed by atoms with Gasteiger partial charge in [0.25, 0.3) is 0 Å². The molecule has 3 fully saturated rings. The molecule has 2 atom stereocenters. The number of fused-ring (bicyclic) bond motifs is 1. The van der Waals surface area contributed by atoms with Crippen LogP contribution in [0.5, 0.6) is 0 Å². The zero-order chi connectivity index (χ0) is 18.9. The zero-order valence-electron chi connectivity index (χ0n) is 15.8. The summed E-state index contributed by atoms with van der Waals surface area (Å²) in [5, 5.41) is 0. The molecule has 2 unspecified atom stereocenters. The van der Waals surface area contributed by atoms with E-state index in [0.29, 0.717) is 6.42 Å². The van der Waals surface area contributed by atoms with E-state index in [9.17, 15) is 9.59 Å². The summed E-state index contributed by atoms with van der Waals surface area (Å²) in [6, 6.07) is 10.0. The molecule has 0 aromatic heterocycles. The van der Waals surface area contributed by atoms with E-state index < -0.39 is 0 Å². The molecule has 3 heterocycles. The molecule has 27 heavy (non-hydrogen) atoms. The summed E-state index contributed by atoms with van der Waals surface area (Å²) in [5.41, 5.74) is 1.21.